The first-order valence-electron chi connectivity index (χ1n) is 4.04. The molecular formula is C9H11BrFNO. The van der Waals surface area contributed by atoms with Crippen LogP contribution in [0.5, 0.6) is 0 Å². The minimum Gasteiger partial charge on any atom is -0.396 e. The van der Waals surface area contributed by atoms with Gasteiger partial charge in [0.25, 0.3) is 0 Å². The highest BCUT2D eigenvalue weighted by Crippen LogP contribution is 2.22. The van der Waals surface area contributed by atoms with Crippen molar-refractivity contribution in [3.63, 3.8) is 0 Å². The largest absolute Gasteiger partial charge is 0.396 e. The van der Waals surface area contributed by atoms with E-state index in [2.05, 4.69) is 21.2 Å². The maximum Gasteiger partial charge on any atom is 0.124 e. The monoisotopic (exact) mass is 247 g/mol. The second kappa shape index (κ2) is 5.19. The van der Waals surface area contributed by atoms with Gasteiger partial charge in [-0.1, -0.05) is 0 Å². The highest BCUT2D eigenvalue weighted by atomic mass is 79.9. The molecule has 0 saturated carbocycles. The molecule has 0 saturated heterocycles. The van der Waals surface area contributed by atoms with Gasteiger partial charge in [0, 0.05) is 23.3 Å². The molecule has 2 nitrogen and oxygen atoms in total. The lowest BCUT2D eigenvalue weighted by Gasteiger charge is -2.06. The van der Waals surface area contributed by atoms with Crippen molar-refractivity contribution in [2.75, 3.05) is 18.5 Å². The summed E-state index contributed by atoms with van der Waals surface area (Å²) in [6, 6.07) is 4.46. The van der Waals surface area contributed by atoms with Crippen molar-refractivity contribution in [1.82, 2.24) is 0 Å². The molecule has 0 heterocycles. The molecule has 4 heteroatoms. The van der Waals surface area contributed by atoms with E-state index in [4.69, 9.17) is 5.11 Å². The Kier molecular flexibility index (Phi) is 4.18. The van der Waals surface area contributed by atoms with Gasteiger partial charge >= 0.3 is 0 Å². The van der Waals surface area contributed by atoms with Gasteiger partial charge in [-0.05, 0) is 40.5 Å². The summed E-state index contributed by atoms with van der Waals surface area (Å²) in [5.41, 5.74) is 0.842. The van der Waals surface area contributed by atoms with Crippen LogP contribution in [0.2, 0.25) is 0 Å². The average Bonchev–Trinajstić information content (AvgIpc) is 2.09. The molecule has 0 fully saturated rings. The zero-order valence-electron chi connectivity index (χ0n) is 7.06. The zero-order valence-corrected chi connectivity index (χ0v) is 8.64. The molecule has 0 aliphatic rings. The Morgan fingerprint density at radius 2 is 2.23 bits per heavy atom. The van der Waals surface area contributed by atoms with E-state index in [-0.39, 0.29) is 12.4 Å². The summed E-state index contributed by atoms with van der Waals surface area (Å²) >= 11 is 3.23. The van der Waals surface area contributed by atoms with Gasteiger partial charge in [-0.2, -0.15) is 0 Å². The van der Waals surface area contributed by atoms with Crippen LogP contribution in [-0.4, -0.2) is 18.3 Å². The standard InChI is InChI=1S/C9H11BrFNO/c10-8-6-7(11)2-3-9(8)12-4-1-5-13/h2-3,6,12-13H,1,4-5H2. The van der Waals surface area contributed by atoms with Crippen LogP contribution in [0.4, 0.5) is 10.1 Å². The Balaban J connectivity index is 2.56. The second-order valence-electron chi connectivity index (χ2n) is 2.63. The Bertz CT molecular complexity index is 280. The van der Waals surface area contributed by atoms with Gasteiger partial charge in [-0.3, -0.25) is 0 Å². The lowest BCUT2D eigenvalue weighted by molar-refractivity contribution is 0.292. The van der Waals surface area contributed by atoms with E-state index in [0.717, 1.165) is 5.69 Å². The summed E-state index contributed by atoms with van der Waals surface area (Å²) in [4.78, 5) is 0. The van der Waals surface area contributed by atoms with E-state index in [1.54, 1.807) is 6.07 Å². The number of anilines is 1. The number of aliphatic hydroxyl groups excluding tert-OH is 1. The number of benzene rings is 1. The third-order valence-corrected chi connectivity index (χ3v) is 2.24. The van der Waals surface area contributed by atoms with Crippen molar-refractivity contribution >= 4 is 21.6 Å². The minimum atomic E-state index is -0.264. The Morgan fingerprint density at radius 3 is 2.85 bits per heavy atom. The molecule has 0 radical (unpaired) electrons. The topological polar surface area (TPSA) is 32.3 Å². The summed E-state index contributed by atoms with van der Waals surface area (Å²) < 4.78 is 13.3. The highest BCUT2D eigenvalue weighted by molar-refractivity contribution is 9.10. The van der Waals surface area contributed by atoms with Crippen LogP contribution in [0, 0.1) is 5.82 Å². The smallest absolute Gasteiger partial charge is 0.124 e. The van der Waals surface area contributed by atoms with Crippen molar-refractivity contribution in [3.05, 3.63) is 28.5 Å². The van der Waals surface area contributed by atoms with Gasteiger partial charge in [-0.25, -0.2) is 4.39 Å². The lowest BCUT2D eigenvalue weighted by atomic mass is 10.3. The van der Waals surface area contributed by atoms with Crippen LogP contribution >= 0.6 is 15.9 Å². The first-order chi connectivity index (χ1) is 6.24. The van der Waals surface area contributed by atoms with Gasteiger partial charge in [0.1, 0.15) is 5.82 Å². The van der Waals surface area contributed by atoms with Crippen LogP contribution in [0.25, 0.3) is 0 Å². The molecule has 0 aliphatic carbocycles. The third-order valence-electron chi connectivity index (χ3n) is 1.58. The lowest BCUT2D eigenvalue weighted by Crippen LogP contribution is -2.03. The van der Waals surface area contributed by atoms with Gasteiger partial charge in [0.2, 0.25) is 0 Å². The van der Waals surface area contributed by atoms with Crippen LogP contribution in [-0.2, 0) is 0 Å². The van der Waals surface area contributed by atoms with E-state index < -0.39 is 0 Å². The fourth-order valence-electron chi connectivity index (χ4n) is 0.935. The fraction of sp³-hybridized carbons (Fsp3) is 0.333. The first-order valence-corrected chi connectivity index (χ1v) is 4.83. The summed E-state index contributed by atoms with van der Waals surface area (Å²) in [5, 5.41) is 11.6. The summed E-state index contributed by atoms with van der Waals surface area (Å²) in [5.74, 6) is -0.264. The number of rotatable bonds is 4. The van der Waals surface area contributed by atoms with E-state index in [9.17, 15) is 4.39 Å². The fourth-order valence-corrected chi connectivity index (χ4v) is 1.43. The van der Waals surface area contributed by atoms with Crippen molar-refractivity contribution in [2.45, 2.75) is 6.42 Å². The van der Waals surface area contributed by atoms with E-state index in [1.807, 2.05) is 0 Å². The Labute approximate surface area is 84.9 Å². The van der Waals surface area contributed by atoms with Crippen LogP contribution in [0.1, 0.15) is 6.42 Å². The molecule has 0 unspecified atom stereocenters. The van der Waals surface area contributed by atoms with Crippen molar-refractivity contribution in [2.24, 2.45) is 0 Å². The predicted octanol–water partition coefficient (Wildman–Crippen LogP) is 2.38. The number of nitrogens with one attached hydrogen (secondary N) is 1. The highest BCUT2D eigenvalue weighted by Gasteiger charge is 1.99. The minimum absolute atomic E-state index is 0.159. The van der Waals surface area contributed by atoms with Gasteiger partial charge in [0.05, 0.1) is 0 Å². The van der Waals surface area contributed by atoms with Gasteiger partial charge in [0.15, 0.2) is 0 Å². The molecule has 0 bridgehead atoms. The number of aliphatic hydroxyl groups is 1. The van der Waals surface area contributed by atoms with Gasteiger partial charge in [-0.15, -0.1) is 0 Å². The third kappa shape index (κ3) is 3.32. The number of hydrogen-bond donors (Lipinski definition) is 2. The summed E-state index contributed by atoms with van der Waals surface area (Å²) in [6.45, 7) is 0.840. The van der Waals surface area contributed by atoms with Crippen LogP contribution in [0.3, 0.4) is 0 Å². The van der Waals surface area contributed by atoms with Crippen molar-refractivity contribution in [3.8, 4) is 0 Å². The quantitative estimate of drug-likeness (QED) is 0.802. The molecule has 72 valence electrons. The Hall–Kier alpha value is -0.610. The number of halogens is 2. The molecule has 0 spiro atoms. The van der Waals surface area contributed by atoms with E-state index >= 15 is 0 Å². The van der Waals surface area contributed by atoms with Crippen molar-refractivity contribution in [1.29, 1.82) is 0 Å². The first kappa shape index (κ1) is 10.5. The molecule has 0 atom stereocenters. The molecule has 1 aromatic carbocycles. The van der Waals surface area contributed by atoms with E-state index in [1.165, 1.54) is 12.1 Å². The zero-order chi connectivity index (χ0) is 9.68. The second-order valence-corrected chi connectivity index (χ2v) is 3.48. The van der Waals surface area contributed by atoms with Gasteiger partial charge < -0.3 is 10.4 Å². The van der Waals surface area contributed by atoms with E-state index in [0.29, 0.717) is 17.4 Å². The molecule has 1 aromatic rings. The maximum atomic E-state index is 12.6. The predicted molar refractivity (Wildman–Crippen MR) is 54.3 cm³/mol. The average molecular weight is 248 g/mol. The maximum absolute atomic E-state index is 12.6. The van der Waals surface area contributed by atoms with Crippen LogP contribution in [0.15, 0.2) is 22.7 Å². The number of hydrogen-bond acceptors (Lipinski definition) is 2. The molecule has 0 aromatic heterocycles. The normalized spacial score (nSPS) is 10.1. The molecule has 0 amide bonds. The SMILES string of the molecule is OCCCNc1ccc(F)cc1Br. The summed E-state index contributed by atoms with van der Waals surface area (Å²) in [6.07, 6.45) is 0.684. The molecule has 2 N–H and O–H groups in total. The van der Waals surface area contributed by atoms with Crippen LogP contribution < -0.4 is 5.32 Å². The Morgan fingerprint density at radius 1 is 1.46 bits per heavy atom. The molecule has 13 heavy (non-hydrogen) atoms. The van der Waals surface area contributed by atoms with Crippen molar-refractivity contribution < 1.29 is 9.50 Å². The molecule has 0 aliphatic heterocycles. The summed E-state index contributed by atoms with van der Waals surface area (Å²) in [7, 11) is 0. The molecule has 1 rings (SSSR count). The molecular weight excluding hydrogens is 237 g/mol.